The number of benzene rings is 1. The number of rotatable bonds is 0. The molecule has 2 aromatic rings. The minimum Gasteiger partial charge on any atom is -0.444 e. The number of aromatic nitrogens is 2. The van der Waals surface area contributed by atoms with Crippen molar-refractivity contribution >= 4 is 6.09 Å². The normalized spacial score (nSPS) is 21.5. The molecule has 0 aliphatic carbocycles. The third-order valence-corrected chi connectivity index (χ3v) is 5.73. The lowest BCUT2D eigenvalue weighted by molar-refractivity contribution is -0.105. The van der Waals surface area contributed by atoms with Gasteiger partial charge in [0.25, 0.3) is 0 Å². The average Bonchev–Trinajstić information content (AvgIpc) is 3.16. The largest absolute Gasteiger partial charge is 0.444 e. The SMILES string of the molecule is CC1COC2(CCN(C(=O)OC(C)(C)C)CC2)c2nccn2-c2ccccc2C1. The molecule has 1 fully saturated rings. The van der Waals surface area contributed by atoms with Crippen molar-refractivity contribution in [2.75, 3.05) is 19.7 Å². The molecule has 1 amide bonds. The molecule has 1 unspecified atom stereocenters. The molecule has 6 heteroatoms. The summed E-state index contributed by atoms with van der Waals surface area (Å²) in [4.78, 5) is 19.0. The summed E-state index contributed by atoms with van der Waals surface area (Å²) in [5, 5.41) is 0. The topological polar surface area (TPSA) is 56.6 Å². The number of likely N-dealkylation sites (tertiary alicyclic amines) is 1. The van der Waals surface area contributed by atoms with Crippen molar-refractivity contribution in [3.63, 3.8) is 0 Å². The molecule has 3 heterocycles. The number of imidazole rings is 1. The van der Waals surface area contributed by atoms with Crippen molar-refractivity contribution < 1.29 is 14.3 Å². The van der Waals surface area contributed by atoms with Crippen molar-refractivity contribution in [1.82, 2.24) is 14.5 Å². The minimum atomic E-state index is -0.492. The van der Waals surface area contributed by atoms with E-state index in [1.165, 1.54) is 11.3 Å². The number of nitrogens with zero attached hydrogens (tertiary/aromatic N) is 3. The molecule has 0 bridgehead atoms. The highest BCUT2D eigenvalue weighted by Crippen LogP contribution is 2.39. The van der Waals surface area contributed by atoms with Crippen LogP contribution in [0, 0.1) is 5.92 Å². The Labute approximate surface area is 172 Å². The van der Waals surface area contributed by atoms with Crippen LogP contribution in [0.15, 0.2) is 36.7 Å². The van der Waals surface area contributed by atoms with Crippen molar-refractivity contribution in [1.29, 1.82) is 0 Å². The number of carbonyl (C=O) groups excluding carboxylic acids is 1. The standard InChI is InChI=1S/C23H31N3O3/c1-17-15-18-7-5-6-8-19(18)26-14-11-24-20(26)23(28-16-17)9-12-25(13-10-23)21(27)29-22(2,3)4/h5-8,11,14,17H,9-10,12-13,15-16H2,1-4H3. The zero-order valence-electron chi connectivity index (χ0n) is 17.9. The fraction of sp³-hybridized carbons (Fsp3) is 0.565. The number of fused-ring (bicyclic) bond motifs is 4. The number of piperidine rings is 1. The van der Waals surface area contributed by atoms with Crippen LogP contribution < -0.4 is 0 Å². The van der Waals surface area contributed by atoms with Gasteiger partial charge < -0.3 is 18.9 Å². The Kier molecular flexibility index (Phi) is 5.15. The second-order valence-electron chi connectivity index (χ2n) is 9.33. The van der Waals surface area contributed by atoms with Gasteiger partial charge in [0.05, 0.1) is 12.3 Å². The fourth-order valence-electron chi connectivity index (χ4n) is 4.30. The van der Waals surface area contributed by atoms with Gasteiger partial charge in [0.1, 0.15) is 17.0 Å². The monoisotopic (exact) mass is 397 g/mol. The summed E-state index contributed by atoms with van der Waals surface area (Å²) in [7, 11) is 0. The fourth-order valence-corrected chi connectivity index (χ4v) is 4.30. The van der Waals surface area contributed by atoms with E-state index in [9.17, 15) is 4.79 Å². The summed E-state index contributed by atoms with van der Waals surface area (Å²) >= 11 is 0. The van der Waals surface area contributed by atoms with Crippen molar-refractivity contribution in [3.05, 3.63) is 48.0 Å². The van der Waals surface area contributed by atoms with Crippen molar-refractivity contribution in [2.45, 2.75) is 58.2 Å². The lowest BCUT2D eigenvalue weighted by Gasteiger charge is -2.41. The summed E-state index contributed by atoms with van der Waals surface area (Å²) in [6.07, 6.45) is 6.00. The van der Waals surface area contributed by atoms with E-state index in [0.717, 1.165) is 12.2 Å². The first-order valence-corrected chi connectivity index (χ1v) is 10.5. The zero-order chi connectivity index (χ0) is 20.6. The summed E-state index contributed by atoms with van der Waals surface area (Å²) < 4.78 is 14.3. The zero-order valence-corrected chi connectivity index (χ0v) is 17.9. The van der Waals surface area contributed by atoms with Crippen LogP contribution in [-0.4, -0.2) is 45.8 Å². The Morgan fingerprint density at radius 1 is 1.24 bits per heavy atom. The first kappa shape index (κ1) is 20.0. The van der Waals surface area contributed by atoms with E-state index in [2.05, 4.69) is 35.8 Å². The molecule has 1 spiro atoms. The van der Waals surface area contributed by atoms with E-state index in [1.807, 2.05) is 33.2 Å². The molecule has 1 saturated heterocycles. The van der Waals surface area contributed by atoms with Crippen LogP contribution in [0.5, 0.6) is 0 Å². The molecular formula is C23H31N3O3. The van der Waals surface area contributed by atoms with Crippen molar-refractivity contribution in [3.8, 4) is 5.69 Å². The predicted octanol–water partition coefficient (Wildman–Crippen LogP) is 4.31. The van der Waals surface area contributed by atoms with Crippen LogP contribution in [0.3, 0.4) is 0 Å². The maximum atomic E-state index is 12.5. The van der Waals surface area contributed by atoms with Crippen LogP contribution in [-0.2, 0) is 21.5 Å². The molecule has 1 atom stereocenters. The third kappa shape index (κ3) is 4.04. The maximum absolute atomic E-state index is 12.5. The van der Waals surface area contributed by atoms with Gasteiger partial charge in [-0.25, -0.2) is 9.78 Å². The van der Waals surface area contributed by atoms with Gasteiger partial charge >= 0.3 is 6.09 Å². The molecule has 6 nitrogen and oxygen atoms in total. The van der Waals surface area contributed by atoms with Gasteiger partial charge in [-0.15, -0.1) is 0 Å². The number of amides is 1. The summed E-state index contributed by atoms with van der Waals surface area (Å²) in [5.41, 5.74) is 1.50. The molecule has 156 valence electrons. The van der Waals surface area contributed by atoms with Gasteiger partial charge in [-0.05, 0) is 44.7 Å². The van der Waals surface area contributed by atoms with Gasteiger partial charge in [0.15, 0.2) is 0 Å². The number of hydrogen-bond donors (Lipinski definition) is 0. The second-order valence-corrected chi connectivity index (χ2v) is 9.33. The van der Waals surface area contributed by atoms with Crippen LogP contribution in [0.1, 0.15) is 51.9 Å². The highest BCUT2D eigenvalue weighted by atomic mass is 16.6. The van der Waals surface area contributed by atoms with E-state index < -0.39 is 11.2 Å². The van der Waals surface area contributed by atoms with Gasteiger partial charge in [0.2, 0.25) is 0 Å². The maximum Gasteiger partial charge on any atom is 0.410 e. The highest BCUT2D eigenvalue weighted by molar-refractivity contribution is 5.68. The first-order valence-electron chi connectivity index (χ1n) is 10.5. The van der Waals surface area contributed by atoms with Gasteiger partial charge in [0, 0.05) is 38.3 Å². The predicted molar refractivity (Wildman–Crippen MR) is 111 cm³/mol. The smallest absolute Gasteiger partial charge is 0.410 e. The number of para-hydroxylation sites is 1. The summed E-state index contributed by atoms with van der Waals surface area (Å²) in [6, 6.07) is 8.51. The van der Waals surface area contributed by atoms with E-state index in [0.29, 0.717) is 38.5 Å². The number of carbonyl (C=O) groups is 1. The molecule has 2 aliphatic rings. The molecular weight excluding hydrogens is 366 g/mol. The quantitative estimate of drug-likeness (QED) is 0.665. The first-order chi connectivity index (χ1) is 13.8. The summed E-state index contributed by atoms with van der Waals surface area (Å²) in [6.45, 7) is 9.78. The average molecular weight is 398 g/mol. The molecule has 1 aromatic carbocycles. The lowest BCUT2D eigenvalue weighted by Crippen LogP contribution is -2.49. The van der Waals surface area contributed by atoms with Gasteiger partial charge in [-0.1, -0.05) is 25.1 Å². The number of hydrogen-bond acceptors (Lipinski definition) is 4. The van der Waals surface area contributed by atoms with Crippen LogP contribution in [0.4, 0.5) is 4.79 Å². The van der Waals surface area contributed by atoms with Crippen molar-refractivity contribution in [2.24, 2.45) is 5.92 Å². The molecule has 0 radical (unpaired) electrons. The lowest BCUT2D eigenvalue weighted by atomic mass is 9.89. The van der Waals surface area contributed by atoms with E-state index in [1.54, 1.807) is 4.90 Å². The van der Waals surface area contributed by atoms with Crippen LogP contribution in [0.25, 0.3) is 5.69 Å². The molecule has 0 N–H and O–H groups in total. The van der Waals surface area contributed by atoms with Crippen LogP contribution >= 0.6 is 0 Å². The molecule has 1 aromatic heterocycles. The second kappa shape index (κ2) is 7.48. The minimum absolute atomic E-state index is 0.252. The third-order valence-electron chi connectivity index (χ3n) is 5.73. The molecule has 4 rings (SSSR count). The Hall–Kier alpha value is -2.34. The van der Waals surface area contributed by atoms with E-state index in [4.69, 9.17) is 14.5 Å². The molecule has 2 aliphatic heterocycles. The number of ether oxygens (including phenoxy) is 2. The van der Waals surface area contributed by atoms with Gasteiger partial charge in [-0.3, -0.25) is 0 Å². The Balaban J connectivity index is 1.64. The molecule has 29 heavy (non-hydrogen) atoms. The van der Waals surface area contributed by atoms with E-state index >= 15 is 0 Å². The Bertz CT molecular complexity index is 875. The highest BCUT2D eigenvalue weighted by Gasteiger charge is 2.43. The van der Waals surface area contributed by atoms with Crippen LogP contribution in [0.2, 0.25) is 0 Å². The molecule has 0 saturated carbocycles. The Morgan fingerprint density at radius 2 is 1.97 bits per heavy atom. The summed E-state index contributed by atoms with van der Waals surface area (Å²) in [5.74, 6) is 1.34. The Morgan fingerprint density at radius 3 is 2.69 bits per heavy atom. The van der Waals surface area contributed by atoms with E-state index in [-0.39, 0.29) is 6.09 Å². The van der Waals surface area contributed by atoms with Gasteiger partial charge in [-0.2, -0.15) is 0 Å².